The zero-order valence-electron chi connectivity index (χ0n) is 17.9. The van der Waals surface area contributed by atoms with E-state index < -0.39 is 0 Å². The fourth-order valence-corrected chi connectivity index (χ4v) is 4.90. The van der Waals surface area contributed by atoms with Crippen molar-refractivity contribution < 1.29 is 19.1 Å². The molecular formula is C23H33N3O4. The van der Waals surface area contributed by atoms with Crippen molar-refractivity contribution in [1.29, 1.82) is 0 Å². The minimum Gasteiger partial charge on any atom is -0.497 e. The third-order valence-corrected chi connectivity index (χ3v) is 6.86. The van der Waals surface area contributed by atoms with Gasteiger partial charge in [0.05, 0.1) is 20.3 Å². The molecule has 0 N–H and O–H groups in total. The Bertz CT molecular complexity index is 732. The first kappa shape index (κ1) is 21.1. The molecule has 0 aliphatic carbocycles. The maximum absolute atomic E-state index is 13.0. The van der Waals surface area contributed by atoms with E-state index in [1.807, 2.05) is 34.1 Å². The van der Waals surface area contributed by atoms with Crippen LogP contribution < -0.4 is 4.74 Å². The molecule has 0 aromatic heterocycles. The number of fused-ring (bicyclic) bond motifs is 1. The van der Waals surface area contributed by atoms with Gasteiger partial charge in [0, 0.05) is 57.8 Å². The molecular weight excluding hydrogens is 382 g/mol. The Morgan fingerprint density at radius 3 is 2.50 bits per heavy atom. The average Bonchev–Trinajstić information content (AvgIpc) is 2.95. The second-order valence-electron chi connectivity index (χ2n) is 8.62. The van der Waals surface area contributed by atoms with E-state index in [1.54, 1.807) is 7.11 Å². The predicted molar refractivity (Wildman–Crippen MR) is 114 cm³/mol. The lowest BCUT2D eigenvalue weighted by Gasteiger charge is -2.37. The highest BCUT2D eigenvalue weighted by atomic mass is 16.5. The summed E-state index contributed by atoms with van der Waals surface area (Å²) in [6.45, 7) is 7.49. The molecule has 3 aliphatic rings. The summed E-state index contributed by atoms with van der Waals surface area (Å²) < 4.78 is 10.6. The summed E-state index contributed by atoms with van der Waals surface area (Å²) in [5.41, 5.74) is 0.700. The summed E-state index contributed by atoms with van der Waals surface area (Å²) in [6.07, 6.45) is 2.51. The van der Waals surface area contributed by atoms with Crippen LogP contribution in [-0.2, 0) is 9.53 Å². The van der Waals surface area contributed by atoms with Gasteiger partial charge in [0.2, 0.25) is 5.91 Å². The summed E-state index contributed by atoms with van der Waals surface area (Å²) in [7, 11) is 1.62. The molecule has 3 fully saturated rings. The molecule has 1 aromatic carbocycles. The number of methoxy groups -OCH3 is 1. The Morgan fingerprint density at radius 1 is 1.03 bits per heavy atom. The number of carbonyl (C=O) groups is 2. The van der Waals surface area contributed by atoms with Crippen LogP contribution in [0.25, 0.3) is 0 Å². The van der Waals surface area contributed by atoms with Gasteiger partial charge in [-0.15, -0.1) is 0 Å². The quantitative estimate of drug-likeness (QED) is 0.733. The summed E-state index contributed by atoms with van der Waals surface area (Å²) in [5.74, 6) is 1.91. The summed E-state index contributed by atoms with van der Waals surface area (Å²) in [6, 6.07) is 7.32. The van der Waals surface area contributed by atoms with E-state index in [0.29, 0.717) is 23.8 Å². The Balaban J connectivity index is 1.32. The summed E-state index contributed by atoms with van der Waals surface area (Å²) in [5, 5.41) is 0. The van der Waals surface area contributed by atoms with Crippen molar-refractivity contribution >= 4 is 11.8 Å². The topological polar surface area (TPSA) is 62.3 Å². The van der Waals surface area contributed by atoms with Crippen molar-refractivity contribution in [3.63, 3.8) is 0 Å². The van der Waals surface area contributed by atoms with Crippen LogP contribution >= 0.6 is 0 Å². The lowest BCUT2D eigenvalue weighted by molar-refractivity contribution is -0.131. The van der Waals surface area contributed by atoms with Crippen molar-refractivity contribution in [3.05, 3.63) is 29.8 Å². The first-order valence-electron chi connectivity index (χ1n) is 11.2. The first-order chi connectivity index (χ1) is 14.6. The third-order valence-electron chi connectivity index (χ3n) is 6.86. The van der Waals surface area contributed by atoms with E-state index >= 15 is 0 Å². The Kier molecular flexibility index (Phi) is 6.89. The Labute approximate surface area is 178 Å². The van der Waals surface area contributed by atoms with Gasteiger partial charge in [-0.2, -0.15) is 0 Å². The number of rotatable bonds is 5. The molecule has 2 atom stereocenters. The zero-order valence-corrected chi connectivity index (χ0v) is 17.9. The van der Waals surface area contributed by atoms with Gasteiger partial charge in [0.25, 0.3) is 5.91 Å². The van der Waals surface area contributed by atoms with Gasteiger partial charge < -0.3 is 19.3 Å². The minimum atomic E-state index is 0.0795. The lowest BCUT2D eigenvalue weighted by Crippen LogP contribution is -2.43. The van der Waals surface area contributed by atoms with E-state index in [-0.39, 0.29) is 11.8 Å². The van der Waals surface area contributed by atoms with Crippen molar-refractivity contribution in [2.75, 3.05) is 66.1 Å². The number of hydrogen-bond donors (Lipinski definition) is 0. The van der Waals surface area contributed by atoms with E-state index in [2.05, 4.69) is 4.90 Å². The molecule has 3 saturated heterocycles. The number of benzene rings is 1. The fraction of sp³-hybridized carbons (Fsp3) is 0.652. The first-order valence-corrected chi connectivity index (χ1v) is 11.2. The molecule has 4 rings (SSSR count). The highest BCUT2D eigenvalue weighted by Crippen LogP contribution is 2.33. The van der Waals surface area contributed by atoms with Crippen LogP contribution in [-0.4, -0.2) is 92.7 Å². The molecule has 7 heteroatoms. The van der Waals surface area contributed by atoms with Crippen LogP contribution in [0.15, 0.2) is 24.3 Å². The van der Waals surface area contributed by atoms with Crippen LogP contribution in [0, 0.1) is 11.8 Å². The van der Waals surface area contributed by atoms with Crippen LogP contribution in [0.1, 0.15) is 29.6 Å². The number of nitrogens with zero attached hydrogens (tertiary/aromatic N) is 3. The molecule has 3 aliphatic heterocycles. The van der Waals surface area contributed by atoms with Crippen molar-refractivity contribution in [3.8, 4) is 5.75 Å². The number of likely N-dealkylation sites (tertiary alicyclic amines) is 2. The number of ether oxygens (including phenoxy) is 2. The standard InChI is InChI=1S/C23H33N3O4/c1-29-21-4-2-18(3-5-21)23(28)26-9-6-19-16-22(27)25(8-7-20(19)17-26)11-10-24-12-14-30-15-13-24/h2-5,19-20H,6-17H2,1H3/t19-,20+/m1/s1. The smallest absolute Gasteiger partial charge is 0.253 e. The van der Waals surface area contributed by atoms with E-state index in [0.717, 1.165) is 77.6 Å². The molecule has 164 valence electrons. The SMILES string of the molecule is COc1ccc(C(=O)N2CC[C@@H]3CC(=O)N(CCN4CCOCC4)CC[C@H]3C2)cc1. The lowest BCUT2D eigenvalue weighted by atomic mass is 9.82. The number of morpholine rings is 1. The van der Waals surface area contributed by atoms with Gasteiger partial charge in [-0.3, -0.25) is 14.5 Å². The van der Waals surface area contributed by atoms with Crippen LogP contribution in [0.4, 0.5) is 0 Å². The van der Waals surface area contributed by atoms with Crippen molar-refractivity contribution in [2.24, 2.45) is 11.8 Å². The van der Waals surface area contributed by atoms with Crippen molar-refractivity contribution in [1.82, 2.24) is 14.7 Å². The molecule has 30 heavy (non-hydrogen) atoms. The number of carbonyl (C=O) groups excluding carboxylic acids is 2. The molecule has 0 saturated carbocycles. The van der Waals surface area contributed by atoms with E-state index in [1.165, 1.54) is 0 Å². The Hall–Kier alpha value is -2.12. The molecule has 1 aromatic rings. The molecule has 7 nitrogen and oxygen atoms in total. The van der Waals surface area contributed by atoms with Gasteiger partial charge in [-0.1, -0.05) is 0 Å². The predicted octanol–water partition coefficient (Wildman–Crippen LogP) is 1.73. The van der Waals surface area contributed by atoms with Gasteiger partial charge >= 0.3 is 0 Å². The molecule has 3 heterocycles. The number of piperidine rings is 1. The molecule has 2 amide bonds. The third kappa shape index (κ3) is 4.95. The maximum Gasteiger partial charge on any atom is 0.253 e. The maximum atomic E-state index is 13.0. The largest absolute Gasteiger partial charge is 0.497 e. The monoisotopic (exact) mass is 415 g/mol. The molecule has 0 bridgehead atoms. The summed E-state index contributed by atoms with van der Waals surface area (Å²) >= 11 is 0. The molecule has 0 unspecified atom stereocenters. The van der Waals surface area contributed by atoms with Gasteiger partial charge in [-0.25, -0.2) is 0 Å². The van der Waals surface area contributed by atoms with Crippen LogP contribution in [0.5, 0.6) is 5.75 Å². The molecule has 0 radical (unpaired) electrons. The van der Waals surface area contributed by atoms with Crippen molar-refractivity contribution in [2.45, 2.75) is 19.3 Å². The normalized spacial score (nSPS) is 25.6. The van der Waals surface area contributed by atoms with Gasteiger partial charge in [0.15, 0.2) is 0 Å². The van der Waals surface area contributed by atoms with Gasteiger partial charge in [0.1, 0.15) is 5.75 Å². The second kappa shape index (κ2) is 9.79. The number of amides is 2. The second-order valence-corrected chi connectivity index (χ2v) is 8.62. The molecule has 0 spiro atoms. The minimum absolute atomic E-state index is 0.0795. The number of hydrogen-bond acceptors (Lipinski definition) is 5. The average molecular weight is 416 g/mol. The van der Waals surface area contributed by atoms with Crippen LogP contribution in [0.3, 0.4) is 0 Å². The Morgan fingerprint density at radius 2 is 1.77 bits per heavy atom. The van der Waals surface area contributed by atoms with E-state index in [9.17, 15) is 9.59 Å². The zero-order chi connectivity index (χ0) is 20.9. The fourth-order valence-electron chi connectivity index (χ4n) is 4.90. The van der Waals surface area contributed by atoms with E-state index in [4.69, 9.17) is 9.47 Å². The highest BCUT2D eigenvalue weighted by molar-refractivity contribution is 5.94. The highest BCUT2D eigenvalue weighted by Gasteiger charge is 2.36. The summed E-state index contributed by atoms with van der Waals surface area (Å²) in [4.78, 5) is 32.2. The van der Waals surface area contributed by atoms with Crippen LogP contribution in [0.2, 0.25) is 0 Å². The van der Waals surface area contributed by atoms with Gasteiger partial charge in [-0.05, 0) is 48.9 Å².